The van der Waals surface area contributed by atoms with Gasteiger partial charge >= 0.3 is 5.97 Å². The molecule has 0 amide bonds. The van der Waals surface area contributed by atoms with Crippen LogP contribution in [0, 0.1) is 46.3 Å². The van der Waals surface area contributed by atoms with Gasteiger partial charge in [-0.25, -0.2) is 0 Å². The Labute approximate surface area is 230 Å². The minimum absolute atomic E-state index is 0.0485. The molecule has 0 aliphatic heterocycles. The molecule has 212 valence electrons. The van der Waals surface area contributed by atoms with Crippen LogP contribution < -0.4 is 0 Å². The van der Waals surface area contributed by atoms with Crippen molar-refractivity contribution in [3.63, 3.8) is 0 Å². The summed E-state index contributed by atoms with van der Waals surface area (Å²) in [6.07, 6.45) is 23.9. The van der Waals surface area contributed by atoms with Gasteiger partial charge in [0, 0.05) is 12.8 Å². The highest BCUT2D eigenvalue weighted by Crippen LogP contribution is 2.67. The Balaban J connectivity index is 1.34. The highest BCUT2D eigenvalue weighted by molar-refractivity contribution is 5.69. The van der Waals surface area contributed by atoms with Crippen LogP contribution >= 0.6 is 0 Å². The topological polar surface area (TPSA) is 26.3 Å². The lowest BCUT2D eigenvalue weighted by Crippen LogP contribution is -2.51. The largest absolute Gasteiger partial charge is 0.462 e. The van der Waals surface area contributed by atoms with Crippen molar-refractivity contribution < 1.29 is 9.53 Å². The van der Waals surface area contributed by atoms with Crippen molar-refractivity contribution >= 4 is 5.97 Å². The van der Waals surface area contributed by atoms with Crippen LogP contribution in [0.1, 0.15) is 151 Å². The van der Waals surface area contributed by atoms with Gasteiger partial charge in [0.1, 0.15) is 6.10 Å². The molecule has 37 heavy (non-hydrogen) atoms. The zero-order valence-electron chi connectivity index (χ0n) is 25.5. The molecule has 0 saturated heterocycles. The summed E-state index contributed by atoms with van der Waals surface area (Å²) in [5, 5.41) is 0. The monoisotopic (exact) mass is 512 g/mol. The minimum atomic E-state index is 0.0485. The van der Waals surface area contributed by atoms with Crippen molar-refractivity contribution in [2.45, 2.75) is 157 Å². The molecule has 4 rings (SSSR count). The van der Waals surface area contributed by atoms with E-state index in [9.17, 15) is 4.79 Å². The van der Waals surface area contributed by atoms with Crippen LogP contribution in [-0.4, -0.2) is 12.1 Å². The molecule has 0 N–H and O–H groups in total. The maximum absolute atomic E-state index is 12.5. The van der Waals surface area contributed by atoms with E-state index < -0.39 is 0 Å². The number of carbonyl (C=O) groups excluding carboxylic acids is 1. The minimum Gasteiger partial charge on any atom is -0.462 e. The van der Waals surface area contributed by atoms with Crippen LogP contribution in [-0.2, 0) is 9.53 Å². The van der Waals surface area contributed by atoms with E-state index in [1.807, 2.05) is 0 Å². The molecule has 3 saturated carbocycles. The third kappa shape index (κ3) is 6.35. The molecule has 3 fully saturated rings. The number of ether oxygens (including phenoxy) is 1. The van der Waals surface area contributed by atoms with E-state index in [1.165, 1.54) is 77.0 Å². The molecule has 0 bridgehead atoms. The van der Waals surface area contributed by atoms with Crippen LogP contribution in [0.25, 0.3) is 0 Å². The van der Waals surface area contributed by atoms with Gasteiger partial charge in [0.05, 0.1) is 0 Å². The van der Waals surface area contributed by atoms with Gasteiger partial charge in [0.2, 0.25) is 0 Å². The SMILES string of the molecule is CCCCCCCC(=O)OC1CC[C@@]2(C)C(=CCC3C4CCC(C(C)CCCC(C)C)[C@@]4(C)CCC32)C1. The molecule has 4 aliphatic rings. The van der Waals surface area contributed by atoms with Gasteiger partial charge in [-0.2, -0.15) is 0 Å². The summed E-state index contributed by atoms with van der Waals surface area (Å²) in [5.41, 5.74) is 2.54. The fourth-order valence-electron chi connectivity index (χ4n) is 9.87. The van der Waals surface area contributed by atoms with Gasteiger partial charge in [0.15, 0.2) is 0 Å². The fourth-order valence-corrected chi connectivity index (χ4v) is 9.87. The van der Waals surface area contributed by atoms with Crippen molar-refractivity contribution in [1.82, 2.24) is 0 Å². The summed E-state index contributed by atoms with van der Waals surface area (Å²) in [7, 11) is 0. The van der Waals surface area contributed by atoms with Crippen molar-refractivity contribution in [2.75, 3.05) is 0 Å². The van der Waals surface area contributed by atoms with Gasteiger partial charge < -0.3 is 4.74 Å². The maximum atomic E-state index is 12.5. The molecule has 2 nitrogen and oxygen atoms in total. The van der Waals surface area contributed by atoms with Crippen LogP contribution in [0.15, 0.2) is 11.6 Å². The number of unbranched alkanes of at least 4 members (excludes halogenated alkanes) is 4. The summed E-state index contributed by atoms with van der Waals surface area (Å²) >= 11 is 0. The number of hydrogen-bond donors (Lipinski definition) is 0. The molecule has 0 aromatic carbocycles. The van der Waals surface area contributed by atoms with E-state index in [1.54, 1.807) is 5.57 Å². The van der Waals surface area contributed by atoms with Crippen LogP contribution in [0.2, 0.25) is 0 Å². The third-order valence-corrected chi connectivity index (χ3v) is 12.0. The van der Waals surface area contributed by atoms with Crippen LogP contribution in [0.5, 0.6) is 0 Å². The van der Waals surface area contributed by atoms with Crippen molar-refractivity contribution in [3.8, 4) is 0 Å². The van der Waals surface area contributed by atoms with Crippen LogP contribution in [0.4, 0.5) is 0 Å². The van der Waals surface area contributed by atoms with Crippen LogP contribution in [0.3, 0.4) is 0 Å². The molecular weight excluding hydrogens is 452 g/mol. The Hall–Kier alpha value is -0.790. The molecule has 0 spiro atoms. The first kappa shape index (κ1) is 29.2. The zero-order valence-corrected chi connectivity index (χ0v) is 25.5. The molecule has 2 heteroatoms. The maximum Gasteiger partial charge on any atom is 0.306 e. The predicted octanol–water partition coefficient (Wildman–Crippen LogP) is 10.3. The average Bonchev–Trinajstić information content (AvgIpc) is 3.21. The second-order valence-corrected chi connectivity index (χ2v) is 14.8. The van der Waals surface area contributed by atoms with Gasteiger partial charge in [-0.15, -0.1) is 0 Å². The van der Waals surface area contributed by atoms with E-state index >= 15 is 0 Å². The number of hydrogen-bond acceptors (Lipinski definition) is 2. The van der Waals surface area contributed by atoms with E-state index in [2.05, 4.69) is 47.6 Å². The van der Waals surface area contributed by atoms with E-state index in [0.29, 0.717) is 17.3 Å². The molecule has 0 aromatic rings. The fraction of sp³-hybridized carbons (Fsp3) is 0.914. The molecule has 0 aromatic heterocycles. The Morgan fingerprint density at radius 1 is 0.946 bits per heavy atom. The smallest absolute Gasteiger partial charge is 0.306 e. The lowest BCUT2D eigenvalue weighted by molar-refractivity contribution is -0.151. The molecule has 6 unspecified atom stereocenters. The van der Waals surface area contributed by atoms with Gasteiger partial charge in [0.25, 0.3) is 0 Å². The molecule has 8 atom stereocenters. The van der Waals surface area contributed by atoms with Crippen molar-refractivity contribution in [2.24, 2.45) is 46.3 Å². The summed E-state index contributed by atoms with van der Waals surface area (Å²) in [6.45, 7) is 14.9. The van der Waals surface area contributed by atoms with E-state index in [0.717, 1.165) is 61.2 Å². The van der Waals surface area contributed by atoms with Gasteiger partial charge in [-0.05, 0) is 97.7 Å². The normalized spacial score (nSPS) is 37.9. The van der Waals surface area contributed by atoms with Crippen molar-refractivity contribution in [3.05, 3.63) is 11.6 Å². The quantitative estimate of drug-likeness (QED) is 0.148. The lowest BCUT2D eigenvalue weighted by atomic mass is 9.47. The lowest BCUT2D eigenvalue weighted by Gasteiger charge is -2.58. The summed E-state index contributed by atoms with van der Waals surface area (Å²) < 4.78 is 6.02. The number of rotatable bonds is 12. The first-order valence-electron chi connectivity index (χ1n) is 16.6. The first-order valence-corrected chi connectivity index (χ1v) is 16.6. The third-order valence-electron chi connectivity index (χ3n) is 12.0. The van der Waals surface area contributed by atoms with Gasteiger partial charge in [-0.3, -0.25) is 4.79 Å². The molecule has 0 heterocycles. The van der Waals surface area contributed by atoms with E-state index in [4.69, 9.17) is 4.74 Å². The number of allylic oxidation sites excluding steroid dienone is 1. The number of carbonyl (C=O) groups is 1. The summed E-state index contributed by atoms with van der Waals surface area (Å²) in [5.74, 6) is 5.34. The van der Waals surface area contributed by atoms with E-state index in [-0.39, 0.29) is 12.1 Å². The highest BCUT2D eigenvalue weighted by Gasteiger charge is 2.59. The summed E-state index contributed by atoms with van der Waals surface area (Å²) in [4.78, 5) is 12.5. The zero-order chi connectivity index (χ0) is 26.6. The molecule has 0 radical (unpaired) electrons. The Morgan fingerprint density at radius 3 is 2.49 bits per heavy atom. The second-order valence-electron chi connectivity index (χ2n) is 14.8. The Kier molecular flexibility index (Phi) is 9.94. The Bertz CT molecular complexity index is 782. The molecular formula is C35H60O2. The van der Waals surface area contributed by atoms with Gasteiger partial charge in [-0.1, -0.05) is 98.1 Å². The number of esters is 1. The standard InChI is InChI=1S/C35H60O2/c1-7-8-9-10-11-15-33(36)37-28-20-22-34(5)27(24-28)16-17-29-31-19-18-30(26(4)14-12-13-25(2)3)35(31,6)23-21-32(29)34/h16,25-26,28-32H,7-15,17-24H2,1-6H3/t26?,28?,29?,30?,31?,32?,34-,35+/m0/s1. The number of fused-ring (bicyclic) bond motifs is 5. The molecule has 4 aliphatic carbocycles. The Morgan fingerprint density at radius 2 is 1.73 bits per heavy atom. The van der Waals surface area contributed by atoms with Crippen molar-refractivity contribution in [1.29, 1.82) is 0 Å². The first-order chi connectivity index (χ1) is 17.7. The highest BCUT2D eigenvalue weighted by atomic mass is 16.5. The average molecular weight is 513 g/mol. The second kappa shape index (κ2) is 12.6. The summed E-state index contributed by atoms with van der Waals surface area (Å²) in [6, 6.07) is 0. The predicted molar refractivity (Wildman–Crippen MR) is 156 cm³/mol.